The van der Waals surface area contributed by atoms with Crippen LogP contribution < -0.4 is 16.4 Å². The summed E-state index contributed by atoms with van der Waals surface area (Å²) in [5.74, 6) is -2.70. The van der Waals surface area contributed by atoms with E-state index in [2.05, 4.69) is 10.6 Å². The van der Waals surface area contributed by atoms with Crippen LogP contribution in [-0.2, 0) is 19.2 Å². The largest absolute Gasteiger partial charge is 0.480 e. The molecule has 10 nitrogen and oxygen atoms in total. The Kier molecular flexibility index (Phi) is 8.64. The number of carboxylic acid groups (broad SMARTS) is 1. The van der Waals surface area contributed by atoms with Crippen molar-refractivity contribution in [3.63, 3.8) is 0 Å². The first-order chi connectivity index (χ1) is 12.5. The highest BCUT2D eigenvalue weighted by atomic mass is 16.4. The SMILES string of the molecule is CC(C)CC(NC(=O)C(N)C(C)O)C(=O)NCC(=O)N1CCCC1C(=O)O. The van der Waals surface area contributed by atoms with E-state index in [1.807, 2.05) is 13.8 Å². The third-order valence-corrected chi connectivity index (χ3v) is 4.43. The lowest BCUT2D eigenvalue weighted by Gasteiger charge is -2.24. The first-order valence-electron chi connectivity index (χ1n) is 9.08. The summed E-state index contributed by atoms with van der Waals surface area (Å²) in [4.78, 5) is 49.1. The lowest BCUT2D eigenvalue weighted by molar-refractivity contribution is -0.148. The van der Waals surface area contributed by atoms with Gasteiger partial charge in [0.2, 0.25) is 17.7 Å². The monoisotopic (exact) mass is 386 g/mol. The third-order valence-electron chi connectivity index (χ3n) is 4.43. The minimum absolute atomic E-state index is 0.0782. The van der Waals surface area contributed by atoms with Gasteiger partial charge >= 0.3 is 5.97 Å². The average Bonchev–Trinajstić information content (AvgIpc) is 3.07. The summed E-state index contributed by atoms with van der Waals surface area (Å²) in [7, 11) is 0. The molecule has 0 aromatic carbocycles. The Hall–Kier alpha value is -2.20. The average molecular weight is 386 g/mol. The van der Waals surface area contributed by atoms with E-state index >= 15 is 0 Å². The Labute approximate surface area is 158 Å². The van der Waals surface area contributed by atoms with Crippen molar-refractivity contribution in [3.8, 4) is 0 Å². The minimum atomic E-state index is -1.17. The predicted molar refractivity (Wildman–Crippen MR) is 96.4 cm³/mol. The molecule has 10 heteroatoms. The van der Waals surface area contributed by atoms with Gasteiger partial charge in [0, 0.05) is 6.54 Å². The van der Waals surface area contributed by atoms with E-state index in [1.165, 1.54) is 11.8 Å². The molecule has 3 amide bonds. The first-order valence-corrected chi connectivity index (χ1v) is 9.08. The van der Waals surface area contributed by atoms with Crippen LogP contribution in [0.15, 0.2) is 0 Å². The smallest absolute Gasteiger partial charge is 0.326 e. The predicted octanol–water partition coefficient (Wildman–Crippen LogP) is -1.58. The number of carboxylic acids is 1. The van der Waals surface area contributed by atoms with Crippen LogP contribution in [-0.4, -0.2) is 76.1 Å². The Balaban J connectivity index is 2.66. The van der Waals surface area contributed by atoms with E-state index < -0.39 is 47.9 Å². The second-order valence-electron chi connectivity index (χ2n) is 7.26. The van der Waals surface area contributed by atoms with Crippen molar-refractivity contribution in [2.75, 3.05) is 13.1 Å². The molecule has 0 saturated carbocycles. The maximum atomic E-state index is 12.4. The first kappa shape index (κ1) is 22.8. The van der Waals surface area contributed by atoms with Crippen LogP contribution in [0.3, 0.4) is 0 Å². The molecule has 0 aromatic rings. The van der Waals surface area contributed by atoms with Gasteiger partial charge in [0.1, 0.15) is 18.1 Å². The molecule has 0 spiro atoms. The highest BCUT2D eigenvalue weighted by molar-refractivity contribution is 5.92. The Bertz CT molecular complexity index is 566. The van der Waals surface area contributed by atoms with E-state index in [0.717, 1.165) is 0 Å². The number of hydrogen-bond donors (Lipinski definition) is 5. The number of nitrogens with one attached hydrogen (secondary N) is 2. The molecular weight excluding hydrogens is 356 g/mol. The molecule has 27 heavy (non-hydrogen) atoms. The van der Waals surface area contributed by atoms with Crippen molar-refractivity contribution < 1.29 is 29.4 Å². The molecule has 1 heterocycles. The summed E-state index contributed by atoms with van der Waals surface area (Å²) < 4.78 is 0. The van der Waals surface area contributed by atoms with Crippen molar-refractivity contribution >= 4 is 23.7 Å². The molecule has 1 rings (SSSR count). The Morgan fingerprint density at radius 2 is 1.81 bits per heavy atom. The highest BCUT2D eigenvalue weighted by Crippen LogP contribution is 2.17. The number of carbonyl (C=O) groups is 4. The lowest BCUT2D eigenvalue weighted by atomic mass is 10.0. The van der Waals surface area contributed by atoms with Gasteiger partial charge in [0.25, 0.3) is 0 Å². The standard InChI is InChI=1S/C17H30N4O6/c1-9(2)7-11(20-16(25)14(18)10(3)22)15(24)19-8-13(23)21-6-4-5-12(21)17(26)27/h9-12,14,22H,4-8,18H2,1-3H3,(H,19,24)(H,20,25)(H,26,27). The van der Waals surface area contributed by atoms with Crippen LogP contribution in [0.25, 0.3) is 0 Å². The quantitative estimate of drug-likeness (QED) is 0.319. The summed E-state index contributed by atoms with van der Waals surface area (Å²) in [5.41, 5.74) is 5.58. The van der Waals surface area contributed by atoms with Gasteiger partial charge in [-0.05, 0) is 32.1 Å². The second-order valence-corrected chi connectivity index (χ2v) is 7.26. The molecule has 0 radical (unpaired) electrons. The zero-order chi connectivity index (χ0) is 20.7. The van der Waals surface area contributed by atoms with E-state index in [9.17, 15) is 24.3 Å². The van der Waals surface area contributed by atoms with Crippen molar-refractivity contribution in [2.45, 2.75) is 64.3 Å². The van der Waals surface area contributed by atoms with Crippen LogP contribution >= 0.6 is 0 Å². The molecule has 4 atom stereocenters. The summed E-state index contributed by atoms with van der Waals surface area (Å²) in [5, 5.41) is 23.5. The molecule has 0 aliphatic carbocycles. The number of carbonyl (C=O) groups excluding carboxylic acids is 3. The molecule has 1 saturated heterocycles. The van der Waals surface area contributed by atoms with Crippen molar-refractivity contribution in [3.05, 3.63) is 0 Å². The fraction of sp³-hybridized carbons (Fsp3) is 0.765. The van der Waals surface area contributed by atoms with Gasteiger partial charge in [0.05, 0.1) is 12.6 Å². The van der Waals surface area contributed by atoms with Crippen LogP contribution in [0.4, 0.5) is 0 Å². The summed E-state index contributed by atoms with van der Waals surface area (Å²) >= 11 is 0. The summed E-state index contributed by atoms with van der Waals surface area (Å²) in [6.45, 7) is 5.09. The zero-order valence-corrected chi connectivity index (χ0v) is 16.0. The number of rotatable bonds is 9. The summed E-state index contributed by atoms with van der Waals surface area (Å²) in [6, 6.07) is -2.96. The molecule has 0 bridgehead atoms. The van der Waals surface area contributed by atoms with E-state index in [0.29, 0.717) is 25.8 Å². The number of hydrogen-bond acceptors (Lipinski definition) is 6. The van der Waals surface area contributed by atoms with Gasteiger partial charge in [-0.3, -0.25) is 14.4 Å². The van der Waals surface area contributed by atoms with E-state index in [1.54, 1.807) is 0 Å². The number of nitrogens with two attached hydrogens (primary N) is 1. The number of nitrogens with zero attached hydrogens (tertiary/aromatic N) is 1. The van der Waals surface area contributed by atoms with Gasteiger partial charge in [-0.25, -0.2) is 4.79 Å². The van der Waals surface area contributed by atoms with Gasteiger partial charge in [-0.2, -0.15) is 0 Å². The van der Waals surface area contributed by atoms with Crippen molar-refractivity contribution in [1.82, 2.24) is 15.5 Å². The van der Waals surface area contributed by atoms with E-state index in [4.69, 9.17) is 10.8 Å². The Morgan fingerprint density at radius 3 is 2.33 bits per heavy atom. The summed E-state index contributed by atoms with van der Waals surface area (Å²) in [6.07, 6.45) is 0.232. The number of aliphatic hydroxyl groups is 1. The molecule has 1 aliphatic heterocycles. The molecular formula is C17H30N4O6. The van der Waals surface area contributed by atoms with Crippen LogP contribution in [0.1, 0.15) is 40.0 Å². The third kappa shape index (κ3) is 6.79. The van der Waals surface area contributed by atoms with Gasteiger partial charge < -0.3 is 31.5 Å². The number of aliphatic carboxylic acids is 1. The van der Waals surface area contributed by atoms with Crippen molar-refractivity contribution in [2.24, 2.45) is 11.7 Å². The molecule has 6 N–H and O–H groups in total. The zero-order valence-electron chi connectivity index (χ0n) is 16.0. The fourth-order valence-corrected chi connectivity index (χ4v) is 2.90. The number of amides is 3. The maximum Gasteiger partial charge on any atom is 0.326 e. The fourth-order valence-electron chi connectivity index (χ4n) is 2.90. The van der Waals surface area contributed by atoms with Gasteiger partial charge in [-0.1, -0.05) is 13.8 Å². The number of aliphatic hydroxyl groups excluding tert-OH is 1. The molecule has 154 valence electrons. The van der Waals surface area contributed by atoms with Crippen LogP contribution in [0.2, 0.25) is 0 Å². The minimum Gasteiger partial charge on any atom is -0.480 e. The van der Waals surface area contributed by atoms with Crippen molar-refractivity contribution in [1.29, 1.82) is 0 Å². The Morgan fingerprint density at radius 1 is 1.19 bits per heavy atom. The highest BCUT2D eigenvalue weighted by Gasteiger charge is 2.34. The topological polar surface area (TPSA) is 162 Å². The number of likely N-dealkylation sites (tertiary alicyclic amines) is 1. The van der Waals surface area contributed by atoms with E-state index in [-0.39, 0.29) is 12.5 Å². The lowest BCUT2D eigenvalue weighted by Crippen LogP contribution is -2.55. The molecule has 4 unspecified atom stereocenters. The molecule has 0 aromatic heterocycles. The molecule has 1 fully saturated rings. The maximum absolute atomic E-state index is 12.4. The van der Waals surface area contributed by atoms with Crippen LogP contribution in [0.5, 0.6) is 0 Å². The molecule has 1 aliphatic rings. The van der Waals surface area contributed by atoms with Gasteiger partial charge in [-0.15, -0.1) is 0 Å². The normalized spacial score (nSPS) is 20.1. The van der Waals surface area contributed by atoms with Crippen LogP contribution in [0, 0.1) is 5.92 Å². The second kappa shape index (κ2) is 10.2. The van der Waals surface area contributed by atoms with Gasteiger partial charge in [0.15, 0.2) is 0 Å².